The number of aliphatic carboxylic acids is 1. The van der Waals surface area contributed by atoms with Crippen molar-refractivity contribution in [3.63, 3.8) is 0 Å². The van der Waals surface area contributed by atoms with Crippen LogP contribution in [0.1, 0.15) is 26.2 Å². The summed E-state index contributed by atoms with van der Waals surface area (Å²) in [6.45, 7) is 1.85. The van der Waals surface area contributed by atoms with E-state index in [4.69, 9.17) is 16.7 Å². The molecule has 0 aliphatic heterocycles. The van der Waals surface area contributed by atoms with Gasteiger partial charge in [0.25, 0.3) is 0 Å². The lowest BCUT2D eigenvalue weighted by atomic mass is 10.1. The summed E-state index contributed by atoms with van der Waals surface area (Å²) in [5.74, 6) is -1.06. The monoisotopic (exact) mass is 306 g/mol. The predicted molar refractivity (Wildman–Crippen MR) is 70.5 cm³/mol. The molecule has 0 aliphatic rings. The average Bonchev–Trinajstić information content (AvgIpc) is 2.28. The molecule has 6 nitrogen and oxygen atoms in total. The number of carbonyl (C=O) groups is 1. The Hall–Kier alpha value is -1.18. The maximum Gasteiger partial charge on any atom is 0.304 e. The molecule has 8 heteroatoms. The van der Waals surface area contributed by atoms with Gasteiger partial charge < -0.3 is 5.11 Å². The molecule has 1 aromatic heterocycles. The Bertz CT molecular complexity index is 547. The van der Waals surface area contributed by atoms with Crippen LogP contribution in [0.25, 0.3) is 0 Å². The summed E-state index contributed by atoms with van der Waals surface area (Å²) in [5, 5.41) is 8.62. The van der Waals surface area contributed by atoms with Crippen molar-refractivity contribution in [3.8, 4) is 0 Å². The topological polar surface area (TPSA) is 96.4 Å². The standard InChI is InChI=1S/C11H15ClN2O4S/c1-2-4-8(7-10(15)16)14-19(17,18)9-5-3-6-13-11(9)12/h3,5-6,8,14H,2,4,7H2,1H3,(H,15,16). The molecule has 0 saturated heterocycles. The fourth-order valence-corrected chi connectivity index (χ4v) is 3.34. The highest BCUT2D eigenvalue weighted by Gasteiger charge is 2.23. The Labute approximate surface area is 116 Å². The van der Waals surface area contributed by atoms with Crippen molar-refractivity contribution >= 4 is 27.6 Å². The molecule has 1 rings (SSSR count). The van der Waals surface area contributed by atoms with Gasteiger partial charge in [-0.2, -0.15) is 0 Å². The van der Waals surface area contributed by atoms with E-state index < -0.39 is 22.0 Å². The zero-order valence-electron chi connectivity index (χ0n) is 10.3. The normalized spacial score (nSPS) is 13.2. The second-order valence-corrected chi connectivity index (χ2v) is 6.04. The molecule has 0 spiro atoms. The first kappa shape index (κ1) is 15.9. The molecule has 106 valence electrons. The Balaban J connectivity index is 2.94. The Kier molecular flexibility index (Phi) is 5.71. The first-order valence-corrected chi connectivity index (χ1v) is 7.57. The van der Waals surface area contributed by atoms with Gasteiger partial charge in [0.2, 0.25) is 10.0 Å². The highest BCUT2D eigenvalue weighted by atomic mass is 35.5. The van der Waals surface area contributed by atoms with Crippen LogP contribution in [0.5, 0.6) is 0 Å². The molecular formula is C11H15ClN2O4S. The highest BCUT2D eigenvalue weighted by Crippen LogP contribution is 2.18. The van der Waals surface area contributed by atoms with Crippen molar-refractivity contribution in [1.82, 2.24) is 9.71 Å². The molecule has 0 fully saturated rings. The maximum atomic E-state index is 12.1. The number of aromatic nitrogens is 1. The first-order valence-electron chi connectivity index (χ1n) is 5.71. The minimum Gasteiger partial charge on any atom is -0.481 e. The molecule has 0 aliphatic carbocycles. The van der Waals surface area contributed by atoms with Crippen LogP contribution in [-0.2, 0) is 14.8 Å². The van der Waals surface area contributed by atoms with Crippen LogP contribution in [0.15, 0.2) is 23.2 Å². The van der Waals surface area contributed by atoms with E-state index in [0.717, 1.165) is 0 Å². The van der Waals surface area contributed by atoms with Gasteiger partial charge in [-0.1, -0.05) is 24.9 Å². The number of halogens is 1. The van der Waals surface area contributed by atoms with Crippen LogP contribution in [0.3, 0.4) is 0 Å². The summed E-state index contributed by atoms with van der Waals surface area (Å²) < 4.78 is 26.5. The maximum absolute atomic E-state index is 12.1. The molecule has 0 radical (unpaired) electrons. The summed E-state index contributed by atoms with van der Waals surface area (Å²) in [4.78, 5) is 14.2. The third-order valence-corrected chi connectivity index (χ3v) is 4.36. The average molecular weight is 307 g/mol. The van der Waals surface area contributed by atoms with E-state index in [1.54, 1.807) is 0 Å². The second-order valence-electron chi connectivity index (χ2n) is 4.00. The van der Waals surface area contributed by atoms with Crippen molar-refractivity contribution in [2.24, 2.45) is 0 Å². The van der Waals surface area contributed by atoms with Crippen LogP contribution < -0.4 is 4.72 Å². The SMILES string of the molecule is CCCC(CC(=O)O)NS(=O)(=O)c1cccnc1Cl. The lowest BCUT2D eigenvalue weighted by Crippen LogP contribution is -2.36. The fourth-order valence-electron chi connectivity index (χ4n) is 1.62. The van der Waals surface area contributed by atoms with Gasteiger partial charge in [0.05, 0.1) is 6.42 Å². The summed E-state index contributed by atoms with van der Waals surface area (Å²) in [6, 6.07) is 2.11. The summed E-state index contributed by atoms with van der Waals surface area (Å²) in [5.41, 5.74) is 0. The number of sulfonamides is 1. The van der Waals surface area contributed by atoms with E-state index in [2.05, 4.69) is 9.71 Å². The Morgan fingerprint density at radius 2 is 2.26 bits per heavy atom. The molecule has 0 bridgehead atoms. The van der Waals surface area contributed by atoms with Crippen LogP contribution in [0, 0.1) is 0 Å². The van der Waals surface area contributed by atoms with Gasteiger partial charge in [-0.3, -0.25) is 4.79 Å². The molecule has 1 unspecified atom stereocenters. The molecule has 1 aromatic rings. The summed E-state index contributed by atoms with van der Waals surface area (Å²) in [6.07, 6.45) is 2.21. The number of rotatable bonds is 7. The molecule has 0 amide bonds. The number of nitrogens with one attached hydrogen (secondary N) is 1. The molecule has 0 aromatic carbocycles. The number of hydrogen-bond donors (Lipinski definition) is 2. The summed E-state index contributed by atoms with van der Waals surface area (Å²) in [7, 11) is -3.87. The predicted octanol–water partition coefficient (Wildman–Crippen LogP) is 1.66. The third kappa shape index (κ3) is 4.77. The molecule has 0 saturated carbocycles. The summed E-state index contributed by atoms with van der Waals surface area (Å²) >= 11 is 5.73. The van der Waals surface area contributed by atoms with Crippen molar-refractivity contribution in [2.75, 3.05) is 0 Å². The van der Waals surface area contributed by atoms with Crippen LogP contribution in [-0.4, -0.2) is 30.5 Å². The lowest BCUT2D eigenvalue weighted by Gasteiger charge is -2.16. The lowest BCUT2D eigenvalue weighted by molar-refractivity contribution is -0.137. The van der Waals surface area contributed by atoms with E-state index in [9.17, 15) is 13.2 Å². The Morgan fingerprint density at radius 1 is 1.58 bits per heavy atom. The number of carboxylic acid groups (broad SMARTS) is 1. The largest absolute Gasteiger partial charge is 0.481 e. The molecule has 19 heavy (non-hydrogen) atoms. The van der Waals surface area contributed by atoms with Crippen molar-refractivity contribution < 1.29 is 18.3 Å². The van der Waals surface area contributed by atoms with Crippen LogP contribution in [0.4, 0.5) is 0 Å². The molecular weight excluding hydrogens is 292 g/mol. The van der Waals surface area contributed by atoms with Gasteiger partial charge in [-0.15, -0.1) is 0 Å². The van der Waals surface area contributed by atoms with Gasteiger partial charge in [-0.25, -0.2) is 18.1 Å². The van der Waals surface area contributed by atoms with Crippen LogP contribution >= 0.6 is 11.6 Å². The van der Waals surface area contributed by atoms with Gasteiger partial charge in [0.1, 0.15) is 10.0 Å². The molecule has 1 atom stereocenters. The smallest absolute Gasteiger partial charge is 0.304 e. The minimum atomic E-state index is -3.87. The van der Waals surface area contributed by atoms with Crippen LogP contribution in [0.2, 0.25) is 5.15 Å². The van der Waals surface area contributed by atoms with Gasteiger partial charge in [0.15, 0.2) is 0 Å². The zero-order chi connectivity index (χ0) is 14.5. The van der Waals surface area contributed by atoms with Gasteiger partial charge in [0, 0.05) is 12.2 Å². The van der Waals surface area contributed by atoms with E-state index >= 15 is 0 Å². The second kappa shape index (κ2) is 6.83. The fraction of sp³-hybridized carbons (Fsp3) is 0.455. The number of pyridine rings is 1. The first-order chi connectivity index (χ1) is 8.86. The van der Waals surface area contributed by atoms with Crippen molar-refractivity contribution in [1.29, 1.82) is 0 Å². The zero-order valence-corrected chi connectivity index (χ0v) is 11.9. The third-order valence-electron chi connectivity index (χ3n) is 2.39. The van der Waals surface area contributed by atoms with E-state index in [1.165, 1.54) is 18.3 Å². The highest BCUT2D eigenvalue weighted by molar-refractivity contribution is 7.89. The minimum absolute atomic E-state index is 0.138. The quantitative estimate of drug-likeness (QED) is 0.747. The Morgan fingerprint density at radius 3 is 2.79 bits per heavy atom. The molecule has 2 N–H and O–H groups in total. The van der Waals surface area contributed by atoms with E-state index in [-0.39, 0.29) is 16.5 Å². The number of carboxylic acids is 1. The number of nitrogens with zero attached hydrogens (tertiary/aromatic N) is 1. The van der Waals surface area contributed by atoms with Crippen molar-refractivity contribution in [2.45, 2.75) is 37.1 Å². The van der Waals surface area contributed by atoms with Gasteiger partial charge >= 0.3 is 5.97 Å². The van der Waals surface area contributed by atoms with Crippen molar-refractivity contribution in [3.05, 3.63) is 23.5 Å². The number of hydrogen-bond acceptors (Lipinski definition) is 4. The molecule has 1 heterocycles. The van der Waals surface area contributed by atoms with E-state index in [0.29, 0.717) is 12.8 Å². The van der Waals surface area contributed by atoms with Gasteiger partial charge in [-0.05, 0) is 18.6 Å². The van der Waals surface area contributed by atoms with E-state index in [1.807, 2.05) is 6.92 Å².